The van der Waals surface area contributed by atoms with Crippen LogP contribution in [-0.4, -0.2) is 22.8 Å². The Balaban J connectivity index is 1.95. The highest BCUT2D eigenvalue weighted by molar-refractivity contribution is 6.06. The highest BCUT2D eigenvalue weighted by Crippen LogP contribution is 2.35. The minimum Gasteiger partial charge on any atom is -0.393 e. The van der Waals surface area contributed by atoms with Gasteiger partial charge in [-0.2, -0.15) is 5.10 Å². The Kier molecular flexibility index (Phi) is 3.11. The third-order valence-electron chi connectivity index (χ3n) is 4.14. The van der Waals surface area contributed by atoms with E-state index < -0.39 is 0 Å². The molecule has 0 saturated heterocycles. The number of aliphatic hydroxyl groups is 1. The van der Waals surface area contributed by atoms with Gasteiger partial charge in [0.25, 0.3) is 0 Å². The Hall–Kier alpha value is -1.68. The number of rotatable bonds is 1. The summed E-state index contributed by atoms with van der Waals surface area (Å²) in [7, 11) is 0. The first kappa shape index (κ1) is 12.4. The number of nitrogens with one attached hydrogen (secondary N) is 1. The van der Waals surface area contributed by atoms with Crippen molar-refractivity contribution in [2.45, 2.75) is 32.3 Å². The maximum atomic E-state index is 11.9. The minimum absolute atomic E-state index is 0.00670. The zero-order valence-corrected chi connectivity index (χ0v) is 11.0. The molecule has 1 heterocycles. The molecule has 1 saturated carbocycles. The molecule has 1 aromatic carbocycles. The molecule has 0 aromatic heterocycles. The summed E-state index contributed by atoms with van der Waals surface area (Å²) in [5, 5.41) is 14.1. The number of fused-ring (bicyclic) bond motifs is 1. The fourth-order valence-electron chi connectivity index (χ4n) is 3.05. The average molecular weight is 258 g/mol. The molecule has 0 radical (unpaired) electrons. The average Bonchev–Trinajstić information content (AvgIpc) is 2.40. The third-order valence-corrected chi connectivity index (χ3v) is 4.14. The quantitative estimate of drug-likeness (QED) is 0.804. The maximum absolute atomic E-state index is 11.9. The second-order valence-corrected chi connectivity index (χ2v) is 5.52. The van der Waals surface area contributed by atoms with Gasteiger partial charge in [0.2, 0.25) is 5.91 Å². The van der Waals surface area contributed by atoms with Gasteiger partial charge in [-0.1, -0.05) is 29.8 Å². The van der Waals surface area contributed by atoms with Crippen molar-refractivity contribution in [2.24, 2.45) is 16.9 Å². The van der Waals surface area contributed by atoms with Gasteiger partial charge in [-0.15, -0.1) is 0 Å². The standard InChI is InChI=1S/C15H18N2O2/c1-9-2-4-10(5-3-9)14-13-8-11(18)6-7-12(13)15(19)17-16-14/h2-5,11-13,18H,6-8H2,1H3,(H,17,19)/t11-,12+,13+/m0/s1. The van der Waals surface area contributed by atoms with Gasteiger partial charge in [0.1, 0.15) is 0 Å². The monoisotopic (exact) mass is 258 g/mol. The van der Waals surface area contributed by atoms with Gasteiger partial charge < -0.3 is 5.11 Å². The lowest BCUT2D eigenvalue weighted by Crippen LogP contribution is -2.46. The van der Waals surface area contributed by atoms with Crippen LogP contribution < -0.4 is 5.43 Å². The van der Waals surface area contributed by atoms with Crippen molar-refractivity contribution in [1.82, 2.24) is 5.43 Å². The first-order valence-corrected chi connectivity index (χ1v) is 6.77. The largest absolute Gasteiger partial charge is 0.393 e. The Morgan fingerprint density at radius 1 is 1.21 bits per heavy atom. The van der Waals surface area contributed by atoms with Gasteiger partial charge in [-0.25, -0.2) is 5.43 Å². The van der Waals surface area contributed by atoms with Crippen LogP contribution in [0.25, 0.3) is 0 Å². The summed E-state index contributed by atoms with van der Waals surface area (Å²) in [5.41, 5.74) is 5.77. The van der Waals surface area contributed by atoms with E-state index in [1.54, 1.807) is 0 Å². The highest BCUT2D eigenvalue weighted by Gasteiger charge is 2.40. The second kappa shape index (κ2) is 4.78. The van der Waals surface area contributed by atoms with Crippen LogP contribution in [-0.2, 0) is 4.79 Å². The van der Waals surface area contributed by atoms with Crippen molar-refractivity contribution in [3.8, 4) is 0 Å². The predicted octanol–water partition coefficient (Wildman–Crippen LogP) is 1.61. The number of hydrogen-bond donors (Lipinski definition) is 2. The molecule has 1 aliphatic heterocycles. The second-order valence-electron chi connectivity index (χ2n) is 5.52. The molecule has 3 rings (SSSR count). The molecule has 1 aliphatic carbocycles. The number of aliphatic hydroxyl groups excluding tert-OH is 1. The molecular weight excluding hydrogens is 240 g/mol. The number of amides is 1. The van der Waals surface area contributed by atoms with Crippen molar-refractivity contribution in [1.29, 1.82) is 0 Å². The molecule has 0 bridgehead atoms. The van der Waals surface area contributed by atoms with Crippen molar-refractivity contribution >= 4 is 11.6 Å². The van der Waals surface area contributed by atoms with E-state index in [0.717, 1.165) is 17.7 Å². The molecule has 100 valence electrons. The Morgan fingerprint density at radius 3 is 2.68 bits per heavy atom. The van der Waals surface area contributed by atoms with Crippen LogP contribution in [0.15, 0.2) is 29.4 Å². The van der Waals surface area contributed by atoms with E-state index in [4.69, 9.17) is 0 Å². The molecular formula is C15H18N2O2. The van der Waals surface area contributed by atoms with Crippen molar-refractivity contribution in [3.63, 3.8) is 0 Å². The molecule has 1 amide bonds. The molecule has 2 N–H and O–H groups in total. The van der Waals surface area contributed by atoms with Crippen LogP contribution in [0.4, 0.5) is 0 Å². The van der Waals surface area contributed by atoms with Crippen LogP contribution >= 0.6 is 0 Å². The van der Waals surface area contributed by atoms with Gasteiger partial charge in [-0.05, 0) is 31.7 Å². The van der Waals surface area contributed by atoms with Gasteiger partial charge in [0, 0.05) is 11.8 Å². The van der Waals surface area contributed by atoms with E-state index in [-0.39, 0.29) is 23.8 Å². The SMILES string of the molecule is Cc1ccc(C2=NNC(=O)[C@@H]3CC[C@H](O)C[C@@H]23)cc1. The summed E-state index contributed by atoms with van der Waals surface area (Å²) in [6.07, 6.45) is 1.76. The third kappa shape index (κ3) is 2.28. The summed E-state index contributed by atoms with van der Waals surface area (Å²) in [5.74, 6) is -0.00910. The lowest BCUT2D eigenvalue weighted by molar-refractivity contribution is -0.128. The van der Waals surface area contributed by atoms with Gasteiger partial charge >= 0.3 is 0 Å². The van der Waals surface area contributed by atoms with Crippen LogP contribution in [0.5, 0.6) is 0 Å². The van der Waals surface area contributed by atoms with Crippen LogP contribution in [0, 0.1) is 18.8 Å². The van der Waals surface area contributed by atoms with Crippen molar-refractivity contribution < 1.29 is 9.90 Å². The molecule has 0 spiro atoms. The zero-order valence-electron chi connectivity index (χ0n) is 11.0. The summed E-state index contributed by atoms with van der Waals surface area (Å²) < 4.78 is 0. The smallest absolute Gasteiger partial charge is 0.243 e. The molecule has 4 heteroatoms. The fourth-order valence-corrected chi connectivity index (χ4v) is 3.05. The Labute approximate surface area is 112 Å². The van der Waals surface area contributed by atoms with E-state index in [1.165, 1.54) is 5.56 Å². The van der Waals surface area contributed by atoms with E-state index >= 15 is 0 Å². The maximum Gasteiger partial charge on any atom is 0.243 e. The van der Waals surface area contributed by atoms with Gasteiger partial charge in [0.15, 0.2) is 0 Å². The first-order valence-electron chi connectivity index (χ1n) is 6.77. The summed E-state index contributed by atoms with van der Waals surface area (Å²) in [6, 6.07) is 8.15. The number of hydrazone groups is 1. The lowest BCUT2D eigenvalue weighted by atomic mass is 9.73. The van der Waals surface area contributed by atoms with E-state index in [1.807, 2.05) is 31.2 Å². The molecule has 4 nitrogen and oxygen atoms in total. The molecule has 1 fully saturated rings. The lowest BCUT2D eigenvalue weighted by Gasteiger charge is -2.36. The van der Waals surface area contributed by atoms with Gasteiger partial charge in [-0.3, -0.25) is 4.79 Å². The summed E-state index contributed by atoms with van der Waals surface area (Å²) in [6.45, 7) is 2.04. The van der Waals surface area contributed by atoms with Gasteiger partial charge in [0.05, 0.1) is 11.8 Å². The van der Waals surface area contributed by atoms with Crippen LogP contribution in [0.2, 0.25) is 0 Å². The van der Waals surface area contributed by atoms with Crippen molar-refractivity contribution in [3.05, 3.63) is 35.4 Å². The fraction of sp³-hybridized carbons (Fsp3) is 0.467. The van der Waals surface area contributed by atoms with E-state index in [2.05, 4.69) is 10.5 Å². The highest BCUT2D eigenvalue weighted by atomic mass is 16.3. The predicted molar refractivity (Wildman–Crippen MR) is 72.7 cm³/mol. The molecule has 1 aromatic rings. The molecule has 19 heavy (non-hydrogen) atoms. The van der Waals surface area contributed by atoms with Crippen LogP contribution in [0.1, 0.15) is 30.4 Å². The molecule has 0 unspecified atom stereocenters. The summed E-state index contributed by atoms with van der Waals surface area (Å²) >= 11 is 0. The zero-order chi connectivity index (χ0) is 13.4. The summed E-state index contributed by atoms with van der Waals surface area (Å²) in [4.78, 5) is 11.9. The van der Waals surface area contributed by atoms with Crippen molar-refractivity contribution in [2.75, 3.05) is 0 Å². The van der Waals surface area contributed by atoms with E-state index in [9.17, 15) is 9.90 Å². The Morgan fingerprint density at radius 2 is 1.95 bits per heavy atom. The molecule has 3 atom stereocenters. The topological polar surface area (TPSA) is 61.7 Å². The number of hydrogen-bond acceptors (Lipinski definition) is 3. The number of benzene rings is 1. The number of aryl methyl sites for hydroxylation is 1. The van der Waals surface area contributed by atoms with E-state index in [0.29, 0.717) is 12.8 Å². The Bertz CT molecular complexity index is 521. The number of carbonyl (C=O) groups is 1. The van der Waals surface area contributed by atoms with Crippen LogP contribution in [0.3, 0.4) is 0 Å². The normalized spacial score (nSPS) is 30.3. The molecule has 2 aliphatic rings. The first-order chi connectivity index (χ1) is 9.15. The number of carbonyl (C=O) groups excluding carboxylic acids is 1. The minimum atomic E-state index is -0.317. The number of nitrogens with zero attached hydrogens (tertiary/aromatic N) is 1.